The lowest BCUT2D eigenvalue weighted by molar-refractivity contribution is -0.168. The van der Waals surface area contributed by atoms with Crippen molar-refractivity contribution in [2.24, 2.45) is 23.2 Å². The van der Waals surface area contributed by atoms with Gasteiger partial charge in [0.15, 0.2) is 6.10 Å². The van der Waals surface area contributed by atoms with Gasteiger partial charge in [-0.2, -0.15) is 0 Å². The zero-order valence-electron chi connectivity index (χ0n) is 19.1. The fourth-order valence-electron chi connectivity index (χ4n) is 7.21. The van der Waals surface area contributed by atoms with Crippen molar-refractivity contribution in [1.29, 1.82) is 0 Å². The summed E-state index contributed by atoms with van der Waals surface area (Å²) in [6.07, 6.45) is 7.33. The van der Waals surface area contributed by atoms with Crippen molar-refractivity contribution in [3.8, 4) is 0 Å². The van der Waals surface area contributed by atoms with Crippen molar-refractivity contribution < 1.29 is 19.1 Å². The molecule has 1 heterocycles. The molecule has 1 saturated heterocycles. The molecule has 6 rings (SSSR count). The molecular weight excluding hydrogens is 404 g/mol. The van der Waals surface area contributed by atoms with Gasteiger partial charge in [-0.25, -0.2) is 4.79 Å². The Bertz CT molecular complexity index is 891. The van der Waals surface area contributed by atoms with E-state index in [9.17, 15) is 14.4 Å². The Labute approximate surface area is 190 Å². The molecule has 2 atom stereocenters. The van der Waals surface area contributed by atoms with E-state index in [2.05, 4.69) is 5.32 Å². The first-order valence-corrected chi connectivity index (χ1v) is 12.2. The number of ether oxygens (including phenoxy) is 1. The van der Waals surface area contributed by atoms with E-state index in [0.717, 1.165) is 31.2 Å². The van der Waals surface area contributed by atoms with Gasteiger partial charge in [0.1, 0.15) is 6.04 Å². The van der Waals surface area contributed by atoms with Gasteiger partial charge < -0.3 is 15.0 Å². The summed E-state index contributed by atoms with van der Waals surface area (Å²) in [5.74, 6) is 1.41. The van der Waals surface area contributed by atoms with Crippen molar-refractivity contribution in [2.75, 3.05) is 11.9 Å². The van der Waals surface area contributed by atoms with E-state index in [1.54, 1.807) is 11.8 Å². The number of aryl methyl sites for hydroxylation is 1. The van der Waals surface area contributed by atoms with Crippen LogP contribution in [0.2, 0.25) is 0 Å². The van der Waals surface area contributed by atoms with E-state index in [-0.39, 0.29) is 17.2 Å². The van der Waals surface area contributed by atoms with E-state index in [0.29, 0.717) is 36.4 Å². The minimum absolute atomic E-state index is 0.174. The minimum atomic E-state index is -0.917. The number of hydrogen-bond donors (Lipinski definition) is 1. The molecule has 1 N–H and O–H groups in total. The summed E-state index contributed by atoms with van der Waals surface area (Å²) in [6, 6.07) is 6.94. The van der Waals surface area contributed by atoms with E-state index in [1.807, 2.05) is 31.2 Å². The average Bonchev–Trinajstić information content (AvgIpc) is 3.22. The van der Waals surface area contributed by atoms with Crippen LogP contribution in [0.4, 0.5) is 5.69 Å². The molecule has 6 heteroatoms. The molecule has 4 bridgehead atoms. The van der Waals surface area contributed by atoms with Crippen LogP contribution >= 0.6 is 0 Å². The van der Waals surface area contributed by atoms with Crippen molar-refractivity contribution in [3.05, 3.63) is 29.8 Å². The Balaban J connectivity index is 1.23. The largest absolute Gasteiger partial charge is 0.451 e. The number of carbonyl (C=O) groups is 3. The van der Waals surface area contributed by atoms with Gasteiger partial charge in [-0.1, -0.05) is 12.1 Å². The molecule has 6 nitrogen and oxygen atoms in total. The highest BCUT2D eigenvalue weighted by molar-refractivity contribution is 5.96. The van der Waals surface area contributed by atoms with Crippen LogP contribution < -0.4 is 5.32 Å². The maximum Gasteiger partial charge on any atom is 0.329 e. The molecular formula is C26H34N2O4. The molecule has 0 spiro atoms. The summed E-state index contributed by atoms with van der Waals surface area (Å²) in [5.41, 5.74) is 1.46. The van der Waals surface area contributed by atoms with Crippen molar-refractivity contribution in [1.82, 2.24) is 4.90 Å². The highest BCUT2D eigenvalue weighted by Crippen LogP contribution is 2.60. The molecule has 4 aliphatic carbocycles. The first kappa shape index (κ1) is 21.5. The molecule has 5 fully saturated rings. The number of amides is 2. The average molecular weight is 439 g/mol. The van der Waals surface area contributed by atoms with Gasteiger partial charge in [-0.15, -0.1) is 0 Å². The second-order valence-corrected chi connectivity index (χ2v) is 10.8. The van der Waals surface area contributed by atoms with Crippen LogP contribution in [0.25, 0.3) is 0 Å². The number of hydrogen-bond acceptors (Lipinski definition) is 4. The molecule has 1 aromatic rings. The number of nitrogens with one attached hydrogen (secondary N) is 1. The lowest BCUT2D eigenvalue weighted by atomic mass is 9.49. The molecule has 0 unspecified atom stereocenters. The number of likely N-dealkylation sites (tertiary alicyclic amines) is 1. The van der Waals surface area contributed by atoms with Crippen LogP contribution in [-0.4, -0.2) is 41.4 Å². The summed E-state index contributed by atoms with van der Waals surface area (Å²) in [4.78, 5) is 41.1. The second-order valence-electron chi connectivity index (χ2n) is 10.8. The van der Waals surface area contributed by atoms with E-state index < -0.39 is 18.1 Å². The van der Waals surface area contributed by atoms with Crippen LogP contribution in [0.3, 0.4) is 0 Å². The third-order valence-electron chi connectivity index (χ3n) is 8.23. The fraction of sp³-hybridized carbons (Fsp3) is 0.654. The number of nitrogens with zero attached hydrogens (tertiary/aromatic N) is 1. The Hall–Kier alpha value is -2.37. The molecule has 2 amide bonds. The summed E-state index contributed by atoms with van der Waals surface area (Å²) in [5, 5.41) is 2.80. The van der Waals surface area contributed by atoms with E-state index in [4.69, 9.17) is 4.74 Å². The summed E-state index contributed by atoms with van der Waals surface area (Å²) in [6.45, 7) is 4.15. The van der Waals surface area contributed by atoms with Crippen molar-refractivity contribution >= 4 is 23.5 Å². The van der Waals surface area contributed by atoms with E-state index in [1.165, 1.54) is 19.3 Å². The summed E-state index contributed by atoms with van der Waals surface area (Å²) in [7, 11) is 0. The van der Waals surface area contributed by atoms with Crippen LogP contribution in [-0.2, 0) is 19.1 Å². The van der Waals surface area contributed by atoms with Crippen molar-refractivity contribution in [2.45, 2.75) is 77.4 Å². The summed E-state index contributed by atoms with van der Waals surface area (Å²) < 4.78 is 5.55. The highest BCUT2D eigenvalue weighted by atomic mass is 16.5. The number of anilines is 1. The Kier molecular flexibility index (Phi) is 5.50. The molecule has 1 aromatic carbocycles. The SMILES string of the molecule is Cc1cccc(NC(=O)[C@@H](C)OC(=O)[C@H]2CCCN2C(=O)C23CC4CC(CC(C4)C2)C3)c1. The molecule has 1 aliphatic heterocycles. The Morgan fingerprint density at radius 1 is 1.09 bits per heavy atom. The van der Waals surface area contributed by atoms with Gasteiger partial charge in [0, 0.05) is 12.2 Å². The van der Waals surface area contributed by atoms with Gasteiger partial charge in [-0.05, 0) is 101 Å². The Morgan fingerprint density at radius 2 is 1.75 bits per heavy atom. The third kappa shape index (κ3) is 3.93. The second kappa shape index (κ2) is 8.20. The summed E-state index contributed by atoms with van der Waals surface area (Å²) >= 11 is 0. The molecule has 0 aromatic heterocycles. The zero-order chi connectivity index (χ0) is 22.5. The molecule has 32 heavy (non-hydrogen) atoms. The minimum Gasteiger partial charge on any atom is -0.451 e. The normalized spacial score (nSPS) is 33.8. The topological polar surface area (TPSA) is 75.7 Å². The lowest BCUT2D eigenvalue weighted by Gasteiger charge is -2.56. The molecule has 0 radical (unpaired) electrons. The van der Waals surface area contributed by atoms with Crippen LogP contribution in [0, 0.1) is 30.1 Å². The Morgan fingerprint density at radius 3 is 2.38 bits per heavy atom. The van der Waals surface area contributed by atoms with Gasteiger partial charge in [0.05, 0.1) is 5.41 Å². The van der Waals surface area contributed by atoms with Gasteiger partial charge in [0.2, 0.25) is 5.91 Å². The monoisotopic (exact) mass is 438 g/mol. The van der Waals surface area contributed by atoms with E-state index >= 15 is 0 Å². The van der Waals surface area contributed by atoms with Crippen LogP contribution in [0.5, 0.6) is 0 Å². The first-order valence-electron chi connectivity index (χ1n) is 12.2. The van der Waals surface area contributed by atoms with Gasteiger partial charge in [0.25, 0.3) is 5.91 Å². The van der Waals surface area contributed by atoms with Crippen LogP contribution in [0.15, 0.2) is 24.3 Å². The highest BCUT2D eigenvalue weighted by Gasteiger charge is 2.57. The first-order chi connectivity index (χ1) is 15.3. The standard InChI is InChI=1S/C26H34N2O4/c1-16-5-3-6-21(9-16)27-23(29)17(2)32-24(30)22-7-4-8-28(22)25(31)26-13-18-10-19(14-26)12-20(11-18)15-26/h3,5-6,9,17-20,22H,4,7-8,10-15H2,1-2H3,(H,27,29)/t17-,18?,19?,20?,22-,26?/m1/s1. The van der Waals surface area contributed by atoms with Crippen LogP contribution in [0.1, 0.15) is 63.9 Å². The predicted octanol–water partition coefficient (Wildman–Crippen LogP) is 4.07. The molecule has 4 saturated carbocycles. The zero-order valence-corrected chi connectivity index (χ0v) is 19.1. The van der Waals surface area contributed by atoms with Gasteiger partial charge in [-0.3, -0.25) is 9.59 Å². The van der Waals surface area contributed by atoms with Crippen molar-refractivity contribution in [3.63, 3.8) is 0 Å². The number of rotatable bonds is 5. The smallest absolute Gasteiger partial charge is 0.329 e. The lowest BCUT2D eigenvalue weighted by Crippen LogP contribution is -2.56. The number of esters is 1. The molecule has 172 valence electrons. The maximum absolute atomic E-state index is 13.7. The molecule has 5 aliphatic rings. The third-order valence-corrected chi connectivity index (χ3v) is 8.23. The predicted molar refractivity (Wildman–Crippen MR) is 121 cm³/mol. The number of benzene rings is 1. The fourth-order valence-corrected chi connectivity index (χ4v) is 7.21. The quantitative estimate of drug-likeness (QED) is 0.703. The van der Waals surface area contributed by atoms with Gasteiger partial charge >= 0.3 is 5.97 Å². The number of carbonyl (C=O) groups excluding carboxylic acids is 3. The maximum atomic E-state index is 13.7.